The number of rotatable bonds is 4. The van der Waals surface area contributed by atoms with Crippen molar-refractivity contribution in [3.63, 3.8) is 0 Å². The van der Waals surface area contributed by atoms with Crippen LogP contribution in [0.15, 0.2) is 24.5 Å². The Labute approximate surface area is 114 Å². The summed E-state index contributed by atoms with van der Waals surface area (Å²) in [5.74, 6) is -2.87. The van der Waals surface area contributed by atoms with E-state index >= 15 is 0 Å². The molecule has 0 saturated carbocycles. The second kappa shape index (κ2) is 5.47. The maximum absolute atomic E-state index is 11.7. The van der Waals surface area contributed by atoms with Gasteiger partial charge in [0, 0.05) is 5.69 Å². The molecule has 20 heavy (non-hydrogen) atoms. The van der Waals surface area contributed by atoms with E-state index in [2.05, 4.69) is 20.8 Å². The zero-order valence-corrected chi connectivity index (χ0v) is 10.9. The second-order valence-corrected chi connectivity index (χ2v) is 4.30. The molecule has 1 aromatic heterocycles. The number of benzene rings is 1. The monoisotopic (exact) mass is 275 g/mol. The Morgan fingerprint density at radius 1 is 1.40 bits per heavy atom. The normalized spacial score (nSPS) is 11.9. The number of carboxylic acid groups (broad SMARTS) is 1. The molecule has 8 heteroatoms. The van der Waals surface area contributed by atoms with Crippen LogP contribution in [0, 0.1) is 12.8 Å². The van der Waals surface area contributed by atoms with Crippen LogP contribution in [0.1, 0.15) is 12.5 Å². The molecule has 0 aliphatic rings. The number of hydrogen-bond donors (Lipinski definition) is 2. The fourth-order valence-corrected chi connectivity index (χ4v) is 1.57. The molecule has 1 atom stereocenters. The molecular formula is C12H13N5O3. The van der Waals surface area contributed by atoms with Gasteiger partial charge in [-0.3, -0.25) is 9.59 Å². The number of carboxylic acids is 1. The predicted octanol–water partition coefficient (Wildman–Crippen LogP) is 0.630. The predicted molar refractivity (Wildman–Crippen MR) is 69.3 cm³/mol. The van der Waals surface area contributed by atoms with Gasteiger partial charge in [-0.1, -0.05) is 6.07 Å². The molecule has 8 nitrogen and oxygen atoms in total. The first-order chi connectivity index (χ1) is 9.49. The lowest BCUT2D eigenvalue weighted by Gasteiger charge is -2.11. The van der Waals surface area contributed by atoms with Crippen LogP contribution in [-0.2, 0) is 9.59 Å². The van der Waals surface area contributed by atoms with Crippen LogP contribution in [0.25, 0.3) is 5.69 Å². The summed E-state index contributed by atoms with van der Waals surface area (Å²) in [6.45, 7) is 3.20. The number of tetrazole rings is 1. The lowest BCUT2D eigenvalue weighted by molar-refractivity contribution is -0.144. The summed E-state index contributed by atoms with van der Waals surface area (Å²) in [4.78, 5) is 22.4. The molecular weight excluding hydrogens is 262 g/mol. The Kier molecular flexibility index (Phi) is 3.74. The smallest absolute Gasteiger partial charge is 0.315 e. The summed E-state index contributed by atoms with van der Waals surface area (Å²) in [5.41, 5.74) is 2.11. The zero-order chi connectivity index (χ0) is 14.7. The summed E-state index contributed by atoms with van der Waals surface area (Å²) in [6.07, 6.45) is 1.44. The second-order valence-electron chi connectivity index (χ2n) is 4.30. The van der Waals surface area contributed by atoms with Gasteiger partial charge < -0.3 is 10.4 Å². The van der Waals surface area contributed by atoms with Gasteiger partial charge in [-0.25, -0.2) is 4.68 Å². The van der Waals surface area contributed by atoms with Gasteiger partial charge >= 0.3 is 5.97 Å². The van der Waals surface area contributed by atoms with Gasteiger partial charge in [0.25, 0.3) is 0 Å². The average molecular weight is 275 g/mol. The summed E-state index contributed by atoms with van der Waals surface area (Å²) >= 11 is 0. The van der Waals surface area contributed by atoms with Crippen molar-refractivity contribution in [3.8, 4) is 5.69 Å². The highest BCUT2D eigenvalue weighted by Gasteiger charge is 2.20. The first kappa shape index (κ1) is 13.7. The summed E-state index contributed by atoms with van der Waals surface area (Å²) in [6, 6.07) is 5.16. The van der Waals surface area contributed by atoms with E-state index in [-0.39, 0.29) is 0 Å². The van der Waals surface area contributed by atoms with Crippen molar-refractivity contribution < 1.29 is 14.7 Å². The molecule has 1 amide bonds. The van der Waals surface area contributed by atoms with Gasteiger partial charge in [-0.15, -0.1) is 5.10 Å². The Morgan fingerprint density at radius 2 is 2.15 bits per heavy atom. The average Bonchev–Trinajstić information content (AvgIpc) is 2.93. The van der Waals surface area contributed by atoms with Gasteiger partial charge in [-0.05, 0) is 42.0 Å². The number of nitrogens with one attached hydrogen (secondary N) is 1. The zero-order valence-electron chi connectivity index (χ0n) is 10.9. The Balaban J connectivity index is 2.24. The van der Waals surface area contributed by atoms with Gasteiger partial charge in [-0.2, -0.15) is 0 Å². The molecule has 0 saturated heterocycles. The van der Waals surface area contributed by atoms with Crippen LogP contribution < -0.4 is 5.32 Å². The van der Waals surface area contributed by atoms with Crippen molar-refractivity contribution in [1.29, 1.82) is 0 Å². The number of aryl methyl sites for hydroxylation is 1. The molecule has 2 aromatic rings. The lowest BCUT2D eigenvalue weighted by Crippen LogP contribution is -2.26. The molecule has 2 rings (SSSR count). The fraction of sp³-hybridized carbons (Fsp3) is 0.250. The Bertz CT molecular complexity index is 639. The van der Waals surface area contributed by atoms with Gasteiger partial charge in [0.15, 0.2) is 0 Å². The minimum absolute atomic E-state index is 0.485. The standard InChI is InChI=1S/C12H13N5O3/c1-7-3-4-9(14-11(18)8(2)12(19)20)5-10(7)17-6-13-15-16-17/h3-6,8H,1-2H3,(H,14,18)(H,19,20). The molecule has 0 aliphatic carbocycles. The molecule has 0 fully saturated rings. The third kappa shape index (κ3) is 2.79. The number of amides is 1. The van der Waals surface area contributed by atoms with Crippen LogP contribution >= 0.6 is 0 Å². The van der Waals surface area contributed by atoms with Crippen molar-refractivity contribution in [1.82, 2.24) is 20.2 Å². The largest absolute Gasteiger partial charge is 0.481 e. The van der Waals surface area contributed by atoms with Crippen LogP contribution in [0.5, 0.6) is 0 Å². The number of hydrogen-bond acceptors (Lipinski definition) is 5. The van der Waals surface area contributed by atoms with Crippen LogP contribution in [0.2, 0.25) is 0 Å². The minimum atomic E-state index is -1.17. The molecule has 0 radical (unpaired) electrons. The van der Waals surface area contributed by atoms with Crippen molar-refractivity contribution in [2.75, 3.05) is 5.32 Å². The highest BCUT2D eigenvalue weighted by Crippen LogP contribution is 2.18. The van der Waals surface area contributed by atoms with E-state index in [0.29, 0.717) is 11.4 Å². The van der Waals surface area contributed by atoms with E-state index in [1.165, 1.54) is 17.9 Å². The number of carbonyl (C=O) groups excluding carboxylic acids is 1. The van der Waals surface area contributed by atoms with Gasteiger partial charge in [0.05, 0.1) is 5.69 Å². The maximum Gasteiger partial charge on any atom is 0.315 e. The molecule has 1 unspecified atom stereocenters. The number of carbonyl (C=O) groups is 2. The van der Waals surface area contributed by atoms with Crippen LogP contribution in [-0.4, -0.2) is 37.2 Å². The quantitative estimate of drug-likeness (QED) is 0.792. The molecule has 1 heterocycles. The number of nitrogens with zero attached hydrogens (tertiary/aromatic N) is 4. The fourth-order valence-electron chi connectivity index (χ4n) is 1.57. The van der Waals surface area contributed by atoms with E-state index < -0.39 is 17.8 Å². The number of aromatic nitrogens is 4. The summed E-state index contributed by atoms with van der Waals surface area (Å²) in [5, 5.41) is 22.2. The van der Waals surface area contributed by atoms with Gasteiger partial charge in [0.1, 0.15) is 12.2 Å². The molecule has 0 aliphatic heterocycles. The molecule has 0 spiro atoms. The third-order valence-electron chi connectivity index (χ3n) is 2.84. The lowest BCUT2D eigenvalue weighted by atomic mass is 10.1. The molecule has 0 bridgehead atoms. The van der Waals surface area contributed by atoms with Crippen molar-refractivity contribution in [3.05, 3.63) is 30.1 Å². The highest BCUT2D eigenvalue weighted by atomic mass is 16.4. The summed E-state index contributed by atoms with van der Waals surface area (Å²) < 4.78 is 1.46. The first-order valence-electron chi connectivity index (χ1n) is 5.86. The summed E-state index contributed by atoms with van der Waals surface area (Å²) in [7, 11) is 0. The maximum atomic E-state index is 11.7. The first-order valence-corrected chi connectivity index (χ1v) is 5.86. The van der Waals surface area contributed by atoms with Crippen molar-refractivity contribution in [2.24, 2.45) is 5.92 Å². The van der Waals surface area contributed by atoms with Crippen LogP contribution in [0.3, 0.4) is 0 Å². The molecule has 1 aromatic carbocycles. The van der Waals surface area contributed by atoms with Gasteiger partial charge in [0.2, 0.25) is 5.91 Å². The van der Waals surface area contributed by atoms with E-state index in [9.17, 15) is 9.59 Å². The van der Waals surface area contributed by atoms with Crippen molar-refractivity contribution >= 4 is 17.6 Å². The Hall–Kier alpha value is -2.77. The minimum Gasteiger partial charge on any atom is -0.481 e. The number of aliphatic carboxylic acids is 1. The van der Waals surface area contributed by atoms with Crippen LogP contribution in [0.4, 0.5) is 5.69 Å². The number of anilines is 1. The topological polar surface area (TPSA) is 110 Å². The SMILES string of the molecule is Cc1ccc(NC(=O)C(C)C(=O)O)cc1-n1cnnn1. The van der Waals surface area contributed by atoms with Crippen molar-refractivity contribution in [2.45, 2.75) is 13.8 Å². The van der Waals surface area contributed by atoms with E-state index in [1.54, 1.807) is 18.2 Å². The van der Waals surface area contributed by atoms with E-state index in [1.807, 2.05) is 6.92 Å². The molecule has 104 valence electrons. The highest BCUT2D eigenvalue weighted by molar-refractivity contribution is 6.03. The van der Waals surface area contributed by atoms with E-state index in [0.717, 1.165) is 5.56 Å². The molecule has 2 N–H and O–H groups in total. The Morgan fingerprint density at radius 3 is 2.75 bits per heavy atom. The van der Waals surface area contributed by atoms with E-state index in [4.69, 9.17) is 5.11 Å². The third-order valence-corrected chi connectivity index (χ3v) is 2.84.